The van der Waals surface area contributed by atoms with Crippen LogP contribution in [0.3, 0.4) is 0 Å². The van der Waals surface area contributed by atoms with Crippen LogP contribution < -0.4 is 0 Å². The predicted molar refractivity (Wildman–Crippen MR) is 53.6 cm³/mol. The van der Waals surface area contributed by atoms with Gasteiger partial charge in [0.25, 0.3) is 5.24 Å². The van der Waals surface area contributed by atoms with E-state index in [0.29, 0.717) is 6.54 Å². The van der Waals surface area contributed by atoms with Crippen LogP contribution in [-0.4, -0.2) is 27.3 Å². The third-order valence-electron chi connectivity index (χ3n) is 1.75. The first-order valence-electron chi connectivity index (χ1n) is 4.04. The monoisotopic (exact) mass is 199 g/mol. The maximum Gasteiger partial charge on any atom is 0.289 e. The maximum atomic E-state index is 11.6. The third-order valence-corrected chi connectivity index (χ3v) is 2.83. The number of carbonyl (C=O) groups is 2. The van der Waals surface area contributed by atoms with Crippen LogP contribution in [0.15, 0.2) is 12.2 Å². The van der Waals surface area contributed by atoms with Crippen LogP contribution in [0.4, 0.5) is 4.79 Å². The quantitative estimate of drug-likeness (QED) is 0.639. The van der Waals surface area contributed by atoms with E-state index in [-0.39, 0.29) is 11.1 Å². The molecular formula is C9H13NO2S. The second-order valence-electron chi connectivity index (χ2n) is 3.73. The number of carbonyl (C=O) groups excluding carboxylic acids is 2. The van der Waals surface area contributed by atoms with Gasteiger partial charge in [-0.2, -0.15) is 0 Å². The summed E-state index contributed by atoms with van der Waals surface area (Å²) in [7, 11) is 0. The second-order valence-corrected chi connectivity index (χ2v) is 5.30. The first kappa shape index (κ1) is 10.3. The Labute approximate surface area is 82.2 Å². The molecule has 0 aromatic carbocycles. The molecule has 0 aliphatic carbocycles. The van der Waals surface area contributed by atoms with Crippen molar-refractivity contribution >= 4 is 22.9 Å². The average molecular weight is 199 g/mol. The van der Waals surface area contributed by atoms with Crippen molar-refractivity contribution in [3.8, 4) is 0 Å². The van der Waals surface area contributed by atoms with E-state index in [1.165, 1.54) is 4.90 Å². The summed E-state index contributed by atoms with van der Waals surface area (Å²) in [5.41, 5.74) is 0.819. The van der Waals surface area contributed by atoms with Crippen LogP contribution in [0.2, 0.25) is 0 Å². The predicted octanol–water partition coefficient (Wildman–Crippen LogP) is 2.04. The number of rotatable bonds is 2. The largest absolute Gasteiger partial charge is 0.289 e. The summed E-state index contributed by atoms with van der Waals surface area (Å²) in [4.78, 5) is 24.2. The normalized spacial score (nSPS) is 21.0. The van der Waals surface area contributed by atoms with Crippen molar-refractivity contribution in [1.82, 2.24) is 4.90 Å². The summed E-state index contributed by atoms with van der Waals surface area (Å²) in [6, 6.07) is 0. The van der Waals surface area contributed by atoms with Crippen LogP contribution in [-0.2, 0) is 4.79 Å². The van der Waals surface area contributed by atoms with E-state index in [9.17, 15) is 9.59 Å². The molecule has 0 unspecified atom stereocenters. The molecule has 72 valence electrons. The molecule has 0 aromatic heterocycles. The van der Waals surface area contributed by atoms with Gasteiger partial charge in [-0.05, 0) is 32.5 Å². The minimum absolute atomic E-state index is 0.120. The fourth-order valence-corrected chi connectivity index (χ4v) is 2.02. The smallest absolute Gasteiger partial charge is 0.273 e. The van der Waals surface area contributed by atoms with Crippen LogP contribution >= 0.6 is 11.8 Å². The van der Waals surface area contributed by atoms with Crippen molar-refractivity contribution in [1.29, 1.82) is 0 Å². The average Bonchev–Trinajstić information content (AvgIpc) is 2.12. The molecule has 1 heterocycles. The van der Waals surface area contributed by atoms with Gasteiger partial charge in [-0.15, -0.1) is 0 Å². The third kappa shape index (κ3) is 1.94. The Kier molecular flexibility index (Phi) is 2.52. The van der Waals surface area contributed by atoms with E-state index in [1.807, 2.05) is 0 Å². The van der Waals surface area contributed by atoms with E-state index < -0.39 is 4.75 Å². The SMILES string of the molecule is C=C(C)CN1C(=O)SC(C)(C)C1=O. The maximum absolute atomic E-state index is 11.6. The molecule has 1 saturated heterocycles. The van der Waals surface area contributed by atoms with Crippen molar-refractivity contribution < 1.29 is 9.59 Å². The van der Waals surface area contributed by atoms with Crippen LogP contribution in [0.5, 0.6) is 0 Å². The zero-order valence-corrected chi connectivity index (χ0v) is 8.90. The molecule has 0 saturated carbocycles. The molecule has 13 heavy (non-hydrogen) atoms. The van der Waals surface area contributed by atoms with E-state index in [0.717, 1.165) is 17.3 Å². The molecule has 0 N–H and O–H groups in total. The van der Waals surface area contributed by atoms with Gasteiger partial charge in [0.1, 0.15) is 0 Å². The van der Waals surface area contributed by atoms with Crippen molar-refractivity contribution in [3.63, 3.8) is 0 Å². The number of hydrogen-bond donors (Lipinski definition) is 0. The highest BCUT2D eigenvalue weighted by Gasteiger charge is 2.45. The molecule has 2 amide bonds. The number of thioether (sulfide) groups is 1. The Morgan fingerprint density at radius 1 is 1.54 bits per heavy atom. The van der Waals surface area contributed by atoms with Crippen molar-refractivity contribution in [2.75, 3.05) is 6.54 Å². The van der Waals surface area contributed by atoms with Gasteiger partial charge in [-0.1, -0.05) is 12.2 Å². The molecule has 1 fully saturated rings. The highest BCUT2D eigenvalue weighted by Crippen LogP contribution is 2.36. The molecule has 0 spiro atoms. The summed E-state index contributed by atoms with van der Waals surface area (Å²) in [6.45, 7) is 9.34. The van der Waals surface area contributed by atoms with Crippen molar-refractivity contribution in [2.45, 2.75) is 25.5 Å². The fraction of sp³-hybridized carbons (Fsp3) is 0.556. The highest BCUT2D eigenvalue weighted by atomic mass is 32.2. The van der Waals surface area contributed by atoms with Gasteiger partial charge in [-0.25, -0.2) is 0 Å². The molecule has 1 aliphatic heterocycles. The summed E-state index contributed by atoms with van der Waals surface area (Å²) in [5, 5.41) is -0.169. The van der Waals surface area contributed by atoms with E-state index in [4.69, 9.17) is 0 Å². The summed E-state index contributed by atoms with van der Waals surface area (Å²) >= 11 is 1.08. The van der Waals surface area contributed by atoms with Crippen molar-refractivity contribution in [2.24, 2.45) is 0 Å². The zero-order chi connectivity index (χ0) is 10.2. The van der Waals surface area contributed by atoms with E-state index >= 15 is 0 Å². The second kappa shape index (κ2) is 3.18. The molecule has 0 bridgehead atoms. The Balaban J connectivity index is 2.83. The van der Waals surface area contributed by atoms with E-state index in [2.05, 4.69) is 6.58 Å². The Morgan fingerprint density at radius 3 is 2.38 bits per heavy atom. The minimum Gasteiger partial charge on any atom is -0.273 e. The summed E-state index contributed by atoms with van der Waals surface area (Å²) < 4.78 is -0.605. The molecule has 4 heteroatoms. The lowest BCUT2D eigenvalue weighted by atomic mass is 10.2. The highest BCUT2D eigenvalue weighted by molar-refractivity contribution is 8.16. The Morgan fingerprint density at radius 2 is 2.08 bits per heavy atom. The summed E-state index contributed by atoms with van der Waals surface area (Å²) in [6.07, 6.45) is 0. The first-order chi connectivity index (χ1) is 5.84. The minimum atomic E-state index is -0.605. The zero-order valence-electron chi connectivity index (χ0n) is 8.09. The van der Waals surface area contributed by atoms with Crippen molar-refractivity contribution in [3.05, 3.63) is 12.2 Å². The molecule has 1 aliphatic rings. The molecule has 0 atom stereocenters. The number of nitrogens with zero attached hydrogens (tertiary/aromatic N) is 1. The lowest BCUT2D eigenvalue weighted by Gasteiger charge is -2.15. The molecule has 3 nitrogen and oxygen atoms in total. The lowest BCUT2D eigenvalue weighted by molar-refractivity contribution is -0.128. The first-order valence-corrected chi connectivity index (χ1v) is 4.85. The van der Waals surface area contributed by atoms with Gasteiger partial charge in [0.2, 0.25) is 5.91 Å². The van der Waals surface area contributed by atoms with Crippen LogP contribution in [0.1, 0.15) is 20.8 Å². The van der Waals surface area contributed by atoms with Gasteiger partial charge in [0.05, 0.1) is 4.75 Å². The Bertz CT molecular complexity index is 283. The number of hydrogen-bond acceptors (Lipinski definition) is 3. The number of amides is 2. The summed E-state index contributed by atoms with van der Waals surface area (Å²) in [5.74, 6) is -0.120. The topological polar surface area (TPSA) is 37.4 Å². The van der Waals surface area contributed by atoms with E-state index in [1.54, 1.807) is 20.8 Å². The van der Waals surface area contributed by atoms with Crippen LogP contribution in [0.25, 0.3) is 0 Å². The standard InChI is InChI=1S/C9H13NO2S/c1-6(2)5-10-7(11)9(3,4)13-8(10)12/h1,5H2,2-4H3. The van der Waals surface area contributed by atoms with Gasteiger partial charge < -0.3 is 0 Å². The van der Waals surface area contributed by atoms with Gasteiger partial charge in [0, 0.05) is 6.54 Å². The van der Waals surface area contributed by atoms with Crippen LogP contribution in [0, 0.1) is 0 Å². The lowest BCUT2D eigenvalue weighted by Crippen LogP contribution is -2.36. The number of imide groups is 1. The van der Waals surface area contributed by atoms with Gasteiger partial charge in [0.15, 0.2) is 0 Å². The fourth-order valence-electron chi connectivity index (χ4n) is 1.13. The molecule has 1 rings (SSSR count). The molecular weight excluding hydrogens is 186 g/mol. The van der Waals surface area contributed by atoms with Gasteiger partial charge >= 0.3 is 0 Å². The molecule has 0 aromatic rings. The molecule has 0 radical (unpaired) electrons. The van der Waals surface area contributed by atoms with Gasteiger partial charge in [-0.3, -0.25) is 14.5 Å². The Hall–Kier alpha value is -0.770.